The number of hydrogen-bond acceptors (Lipinski definition) is 3. The van der Waals surface area contributed by atoms with E-state index in [-0.39, 0.29) is 5.78 Å². The standard InChI is InChI=1S/C15H10ClNOS/c1-9-2-3-10-8-11(4-5-13(10)17-9)14(18)15-12(16)6-7-19-15/h2-8H,1H3. The van der Waals surface area contributed by atoms with E-state index in [1.807, 2.05) is 36.6 Å². The quantitative estimate of drug-likeness (QED) is 0.650. The van der Waals surface area contributed by atoms with E-state index in [9.17, 15) is 4.79 Å². The van der Waals surface area contributed by atoms with E-state index in [4.69, 9.17) is 11.6 Å². The van der Waals surface area contributed by atoms with Crippen LogP contribution < -0.4 is 0 Å². The molecular weight excluding hydrogens is 278 g/mol. The van der Waals surface area contributed by atoms with E-state index < -0.39 is 0 Å². The monoisotopic (exact) mass is 287 g/mol. The molecule has 94 valence electrons. The van der Waals surface area contributed by atoms with Gasteiger partial charge in [0, 0.05) is 16.6 Å². The van der Waals surface area contributed by atoms with Gasteiger partial charge in [-0.05, 0) is 42.6 Å². The van der Waals surface area contributed by atoms with Crippen LogP contribution in [0.3, 0.4) is 0 Å². The summed E-state index contributed by atoms with van der Waals surface area (Å²) in [6.07, 6.45) is 0. The molecule has 0 spiro atoms. The number of benzene rings is 1. The van der Waals surface area contributed by atoms with E-state index in [2.05, 4.69) is 4.98 Å². The van der Waals surface area contributed by atoms with Gasteiger partial charge in [-0.15, -0.1) is 11.3 Å². The summed E-state index contributed by atoms with van der Waals surface area (Å²) in [7, 11) is 0. The third kappa shape index (κ3) is 2.27. The first kappa shape index (κ1) is 12.3. The third-order valence-electron chi connectivity index (χ3n) is 2.91. The van der Waals surface area contributed by atoms with E-state index in [0.29, 0.717) is 15.5 Å². The van der Waals surface area contributed by atoms with Gasteiger partial charge in [0.15, 0.2) is 0 Å². The lowest BCUT2D eigenvalue weighted by atomic mass is 10.1. The molecule has 1 aromatic carbocycles. The molecule has 2 aromatic heterocycles. The molecule has 2 nitrogen and oxygen atoms in total. The summed E-state index contributed by atoms with van der Waals surface area (Å²) in [4.78, 5) is 17.4. The van der Waals surface area contributed by atoms with Crippen LogP contribution in [0.4, 0.5) is 0 Å². The van der Waals surface area contributed by atoms with Crippen molar-refractivity contribution in [3.63, 3.8) is 0 Å². The fourth-order valence-electron chi connectivity index (χ4n) is 1.96. The Bertz CT molecular complexity index is 779. The highest BCUT2D eigenvalue weighted by Crippen LogP contribution is 2.26. The second-order valence-electron chi connectivity index (χ2n) is 4.29. The van der Waals surface area contributed by atoms with Gasteiger partial charge in [0.25, 0.3) is 0 Å². The molecule has 0 atom stereocenters. The Hall–Kier alpha value is -1.71. The van der Waals surface area contributed by atoms with Crippen molar-refractivity contribution < 1.29 is 4.79 Å². The lowest BCUT2D eigenvalue weighted by Crippen LogP contribution is -1.99. The van der Waals surface area contributed by atoms with Gasteiger partial charge in [-0.3, -0.25) is 9.78 Å². The summed E-state index contributed by atoms with van der Waals surface area (Å²) in [6.45, 7) is 1.95. The molecule has 19 heavy (non-hydrogen) atoms. The van der Waals surface area contributed by atoms with Gasteiger partial charge in [-0.2, -0.15) is 0 Å². The zero-order valence-corrected chi connectivity index (χ0v) is 11.8. The maximum Gasteiger partial charge on any atom is 0.204 e. The van der Waals surface area contributed by atoms with Crippen molar-refractivity contribution in [2.75, 3.05) is 0 Å². The van der Waals surface area contributed by atoms with E-state index in [1.165, 1.54) is 11.3 Å². The number of halogens is 1. The van der Waals surface area contributed by atoms with Gasteiger partial charge < -0.3 is 0 Å². The predicted octanol–water partition coefficient (Wildman–Crippen LogP) is 4.49. The number of fused-ring (bicyclic) bond motifs is 1. The number of nitrogens with zero attached hydrogens (tertiary/aromatic N) is 1. The maximum absolute atomic E-state index is 12.3. The van der Waals surface area contributed by atoms with Crippen LogP contribution in [0.25, 0.3) is 10.9 Å². The lowest BCUT2D eigenvalue weighted by molar-refractivity contribution is 0.104. The van der Waals surface area contributed by atoms with Crippen LogP contribution in [0.1, 0.15) is 20.9 Å². The van der Waals surface area contributed by atoms with Crippen LogP contribution in [0.2, 0.25) is 5.02 Å². The highest BCUT2D eigenvalue weighted by molar-refractivity contribution is 7.13. The number of pyridine rings is 1. The van der Waals surface area contributed by atoms with Crippen molar-refractivity contribution in [1.82, 2.24) is 4.98 Å². The van der Waals surface area contributed by atoms with Gasteiger partial charge >= 0.3 is 0 Å². The number of carbonyl (C=O) groups excluding carboxylic acids is 1. The first-order chi connectivity index (χ1) is 9.15. The van der Waals surface area contributed by atoms with Crippen molar-refractivity contribution in [1.29, 1.82) is 0 Å². The summed E-state index contributed by atoms with van der Waals surface area (Å²) in [5.74, 6) is -0.0394. The predicted molar refractivity (Wildman–Crippen MR) is 79.2 cm³/mol. The molecule has 0 saturated heterocycles. The fraction of sp³-hybridized carbons (Fsp3) is 0.0667. The molecule has 0 N–H and O–H groups in total. The van der Waals surface area contributed by atoms with Gasteiger partial charge in [0.05, 0.1) is 15.4 Å². The number of ketones is 1. The molecule has 4 heteroatoms. The first-order valence-electron chi connectivity index (χ1n) is 5.80. The van der Waals surface area contributed by atoms with Crippen molar-refractivity contribution in [2.45, 2.75) is 6.92 Å². The van der Waals surface area contributed by atoms with E-state index in [0.717, 1.165) is 16.6 Å². The largest absolute Gasteiger partial charge is 0.288 e. The van der Waals surface area contributed by atoms with E-state index >= 15 is 0 Å². The lowest BCUT2D eigenvalue weighted by Gasteiger charge is -2.03. The molecule has 0 amide bonds. The minimum absolute atomic E-state index is 0.0394. The Balaban J connectivity index is 2.09. The Labute approximate surface area is 119 Å². The highest BCUT2D eigenvalue weighted by atomic mass is 35.5. The molecule has 2 heterocycles. The normalized spacial score (nSPS) is 10.8. The summed E-state index contributed by atoms with van der Waals surface area (Å²) < 4.78 is 0. The fourth-order valence-corrected chi connectivity index (χ4v) is 3.06. The summed E-state index contributed by atoms with van der Waals surface area (Å²) in [6, 6.07) is 11.2. The van der Waals surface area contributed by atoms with Gasteiger partial charge in [0.2, 0.25) is 5.78 Å². The average molecular weight is 288 g/mol. The van der Waals surface area contributed by atoms with Crippen LogP contribution in [0.5, 0.6) is 0 Å². The molecule has 3 aromatic rings. The molecule has 0 aliphatic rings. The molecule has 0 radical (unpaired) electrons. The number of aryl methyl sites for hydroxylation is 1. The Morgan fingerprint density at radius 1 is 1.21 bits per heavy atom. The number of carbonyl (C=O) groups is 1. The van der Waals surface area contributed by atoms with Crippen LogP contribution >= 0.6 is 22.9 Å². The first-order valence-corrected chi connectivity index (χ1v) is 7.06. The molecule has 0 unspecified atom stereocenters. The second-order valence-corrected chi connectivity index (χ2v) is 5.61. The smallest absolute Gasteiger partial charge is 0.204 e. The Morgan fingerprint density at radius 2 is 2.05 bits per heavy atom. The van der Waals surface area contributed by atoms with Crippen molar-refractivity contribution in [3.05, 3.63) is 62.9 Å². The molecule has 0 saturated carbocycles. The minimum atomic E-state index is -0.0394. The molecule has 0 fully saturated rings. The number of thiophene rings is 1. The molecule has 0 aliphatic heterocycles. The second kappa shape index (κ2) is 4.76. The molecule has 0 bridgehead atoms. The highest BCUT2D eigenvalue weighted by Gasteiger charge is 2.14. The SMILES string of the molecule is Cc1ccc2cc(C(=O)c3sccc3Cl)ccc2n1. The topological polar surface area (TPSA) is 30.0 Å². The van der Waals surface area contributed by atoms with Crippen LogP contribution in [0.15, 0.2) is 41.8 Å². The average Bonchev–Trinajstić information content (AvgIpc) is 2.83. The van der Waals surface area contributed by atoms with Crippen molar-refractivity contribution >= 4 is 39.6 Å². The zero-order valence-electron chi connectivity index (χ0n) is 10.2. The van der Waals surface area contributed by atoms with Gasteiger partial charge in [-0.25, -0.2) is 0 Å². The molecular formula is C15H10ClNOS. The van der Waals surface area contributed by atoms with Gasteiger partial charge in [-0.1, -0.05) is 17.7 Å². The molecule has 3 rings (SSSR count). The van der Waals surface area contributed by atoms with Crippen molar-refractivity contribution in [2.24, 2.45) is 0 Å². The zero-order chi connectivity index (χ0) is 13.4. The van der Waals surface area contributed by atoms with Crippen molar-refractivity contribution in [3.8, 4) is 0 Å². The Kier molecular flexibility index (Phi) is 3.09. The minimum Gasteiger partial charge on any atom is -0.288 e. The number of aromatic nitrogens is 1. The van der Waals surface area contributed by atoms with Crippen LogP contribution in [-0.4, -0.2) is 10.8 Å². The Morgan fingerprint density at radius 3 is 2.79 bits per heavy atom. The maximum atomic E-state index is 12.3. The van der Waals surface area contributed by atoms with E-state index in [1.54, 1.807) is 12.1 Å². The summed E-state index contributed by atoms with van der Waals surface area (Å²) >= 11 is 7.36. The van der Waals surface area contributed by atoms with Gasteiger partial charge in [0.1, 0.15) is 0 Å². The summed E-state index contributed by atoms with van der Waals surface area (Å²) in [5, 5.41) is 3.29. The number of hydrogen-bond donors (Lipinski definition) is 0. The number of rotatable bonds is 2. The third-order valence-corrected chi connectivity index (χ3v) is 4.25. The molecule has 0 aliphatic carbocycles. The van der Waals surface area contributed by atoms with Crippen LogP contribution in [0, 0.1) is 6.92 Å². The van der Waals surface area contributed by atoms with Crippen LogP contribution in [-0.2, 0) is 0 Å². The summed E-state index contributed by atoms with van der Waals surface area (Å²) in [5.41, 5.74) is 2.50.